The molecule has 21 heavy (non-hydrogen) atoms. The molecule has 2 aromatic carbocycles. The molecule has 2 rings (SSSR count). The third-order valence-corrected chi connectivity index (χ3v) is 2.89. The van der Waals surface area contributed by atoms with E-state index in [1.54, 1.807) is 13.0 Å². The van der Waals surface area contributed by atoms with Crippen LogP contribution in [-0.2, 0) is 4.74 Å². The van der Waals surface area contributed by atoms with Gasteiger partial charge in [0.15, 0.2) is 0 Å². The lowest BCUT2D eigenvalue weighted by Gasteiger charge is -2.09. The van der Waals surface area contributed by atoms with E-state index in [0.717, 1.165) is 21.9 Å². The fourth-order valence-corrected chi connectivity index (χ4v) is 1.97. The molecule has 0 fully saturated rings. The standard InChI is InChI=1S/C18H18O3/c1-4-20-18(19)21-17-12-10-14-7-5-6-8-15(14)16(17)11-9-13(2)3/h5-8,10-12H,4H2,1-3H3. The van der Waals surface area contributed by atoms with Gasteiger partial charge >= 0.3 is 6.16 Å². The zero-order chi connectivity index (χ0) is 15.2. The lowest BCUT2D eigenvalue weighted by Crippen LogP contribution is -2.10. The average Bonchev–Trinajstić information content (AvgIpc) is 2.46. The third-order valence-electron chi connectivity index (χ3n) is 2.89. The summed E-state index contributed by atoms with van der Waals surface area (Å²) in [5, 5.41) is 2.09. The zero-order valence-corrected chi connectivity index (χ0v) is 12.5. The molecule has 0 atom stereocenters. The third kappa shape index (κ3) is 3.74. The van der Waals surface area contributed by atoms with Gasteiger partial charge in [-0.15, -0.1) is 5.73 Å². The van der Waals surface area contributed by atoms with Crippen LogP contribution in [0.2, 0.25) is 0 Å². The summed E-state index contributed by atoms with van der Waals surface area (Å²) in [6.07, 6.45) is 1.14. The molecule has 0 spiro atoms. The quantitative estimate of drug-likeness (QED) is 0.454. The SMILES string of the molecule is CCOC(=O)Oc1ccc2ccccc2c1C=C=C(C)C. The van der Waals surface area contributed by atoms with Crippen LogP contribution in [0.5, 0.6) is 5.75 Å². The van der Waals surface area contributed by atoms with Crippen molar-refractivity contribution in [3.8, 4) is 5.75 Å². The lowest BCUT2D eigenvalue weighted by atomic mass is 10.0. The molecule has 0 aliphatic carbocycles. The molecule has 0 bridgehead atoms. The Kier molecular flexibility index (Phi) is 4.81. The summed E-state index contributed by atoms with van der Waals surface area (Å²) in [7, 11) is 0. The zero-order valence-electron chi connectivity index (χ0n) is 12.5. The fraction of sp³-hybridized carbons (Fsp3) is 0.222. The smallest absolute Gasteiger partial charge is 0.434 e. The van der Waals surface area contributed by atoms with E-state index in [4.69, 9.17) is 9.47 Å². The molecule has 3 heteroatoms. The monoisotopic (exact) mass is 282 g/mol. The molecule has 0 radical (unpaired) electrons. The second kappa shape index (κ2) is 6.78. The van der Waals surface area contributed by atoms with E-state index in [2.05, 4.69) is 5.73 Å². The van der Waals surface area contributed by atoms with Crippen LogP contribution < -0.4 is 4.74 Å². The Hall–Kier alpha value is -2.51. The van der Waals surface area contributed by atoms with Crippen LogP contribution in [-0.4, -0.2) is 12.8 Å². The van der Waals surface area contributed by atoms with Crippen molar-refractivity contribution < 1.29 is 14.3 Å². The summed E-state index contributed by atoms with van der Waals surface area (Å²) < 4.78 is 10.1. The fourth-order valence-electron chi connectivity index (χ4n) is 1.97. The van der Waals surface area contributed by atoms with Crippen molar-refractivity contribution in [1.82, 2.24) is 0 Å². The van der Waals surface area contributed by atoms with E-state index in [1.165, 1.54) is 0 Å². The number of ether oxygens (including phenoxy) is 2. The minimum absolute atomic E-state index is 0.283. The van der Waals surface area contributed by atoms with Gasteiger partial charge in [-0.05, 0) is 49.3 Å². The van der Waals surface area contributed by atoms with Crippen molar-refractivity contribution in [2.45, 2.75) is 20.8 Å². The highest BCUT2D eigenvalue weighted by Crippen LogP contribution is 2.29. The number of hydrogen-bond acceptors (Lipinski definition) is 3. The van der Waals surface area contributed by atoms with Crippen LogP contribution in [0.25, 0.3) is 16.8 Å². The maximum atomic E-state index is 11.6. The number of benzene rings is 2. The van der Waals surface area contributed by atoms with Crippen molar-refractivity contribution in [3.63, 3.8) is 0 Å². The highest BCUT2D eigenvalue weighted by atomic mass is 16.7. The Morgan fingerprint density at radius 2 is 1.95 bits per heavy atom. The highest BCUT2D eigenvalue weighted by molar-refractivity contribution is 5.93. The molecule has 0 aliphatic rings. The summed E-state index contributed by atoms with van der Waals surface area (Å²) in [5.74, 6) is 0.473. The summed E-state index contributed by atoms with van der Waals surface area (Å²) in [6, 6.07) is 11.6. The normalized spacial score (nSPS) is 9.86. The van der Waals surface area contributed by atoms with Crippen molar-refractivity contribution in [2.75, 3.05) is 6.61 Å². The summed E-state index contributed by atoms with van der Waals surface area (Å²) in [5.41, 5.74) is 5.03. The van der Waals surface area contributed by atoms with Gasteiger partial charge in [0.2, 0.25) is 0 Å². The summed E-state index contributed by atoms with van der Waals surface area (Å²) in [4.78, 5) is 11.6. The number of carbonyl (C=O) groups excluding carboxylic acids is 1. The molecule has 0 N–H and O–H groups in total. The van der Waals surface area contributed by atoms with E-state index in [1.807, 2.05) is 50.3 Å². The molecule has 0 saturated heterocycles. The predicted molar refractivity (Wildman–Crippen MR) is 84.4 cm³/mol. The number of carbonyl (C=O) groups is 1. The molecule has 108 valence electrons. The van der Waals surface area contributed by atoms with E-state index in [0.29, 0.717) is 5.75 Å². The molecular weight excluding hydrogens is 264 g/mol. The number of fused-ring (bicyclic) bond motifs is 1. The van der Waals surface area contributed by atoms with Crippen molar-refractivity contribution in [1.29, 1.82) is 0 Å². The van der Waals surface area contributed by atoms with E-state index < -0.39 is 6.16 Å². The first-order chi connectivity index (χ1) is 10.1. The molecule has 0 saturated carbocycles. The Morgan fingerprint density at radius 3 is 2.67 bits per heavy atom. The van der Waals surface area contributed by atoms with Gasteiger partial charge in [0.1, 0.15) is 5.75 Å². The molecule has 0 unspecified atom stereocenters. The molecule has 0 aliphatic heterocycles. The molecule has 0 aromatic heterocycles. The maximum Gasteiger partial charge on any atom is 0.513 e. The molecule has 0 heterocycles. The summed E-state index contributed by atoms with van der Waals surface area (Å²) in [6.45, 7) is 5.96. The van der Waals surface area contributed by atoms with Crippen LogP contribution in [0.4, 0.5) is 4.79 Å². The number of hydrogen-bond donors (Lipinski definition) is 0. The number of rotatable bonds is 3. The minimum Gasteiger partial charge on any atom is -0.434 e. The van der Waals surface area contributed by atoms with Crippen molar-refractivity contribution >= 4 is 23.0 Å². The molecule has 3 nitrogen and oxygen atoms in total. The van der Waals surface area contributed by atoms with Gasteiger partial charge in [0, 0.05) is 5.56 Å². The first-order valence-corrected chi connectivity index (χ1v) is 6.88. The van der Waals surface area contributed by atoms with Gasteiger partial charge in [-0.2, -0.15) is 0 Å². The van der Waals surface area contributed by atoms with Crippen LogP contribution in [0.15, 0.2) is 47.7 Å². The lowest BCUT2D eigenvalue weighted by molar-refractivity contribution is 0.104. The van der Waals surface area contributed by atoms with E-state index in [9.17, 15) is 4.79 Å². The average molecular weight is 282 g/mol. The van der Waals surface area contributed by atoms with Gasteiger partial charge in [0.05, 0.1) is 6.61 Å². The molecule has 0 amide bonds. The van der Waals surface area contributed by atoms with Crippen molar-refractivity contribution in [3.05, 3.63) is 53.3 Å². The largest absolute Gasteiger partial charge is 0.513 e. The first kappa shape index (κ1) is 14.9. The van der Waals surface area contributed by atoms with Gasteiger partial charge in [-0.1, -0.05) is 30.3 Å². The van der Waals surface area contributed by atoms with Gasteiger partial charge < -0.3 is 9.47 Å². The Labute approximate surface area is 124 Å². The Balaban J connectivity index is 2.56. The van der Waals surface area contributed by atoms with Gasteiger partial charge in [-0.3, -0.25) is 0 Å². The Bertz CT molecular complexity index is 718. The van der Waals surface area contributed by atoms with Crippen LogP contribution in [0.1, 0.15) is 26.3 Å². The second-order valence-corrected chi connectivity index (χ2v) is 4.77. The highest BCUT2D eigenvalue weighted by Gasteiger charge is 2.11. The van der Waals surface area contributed by atoms with Gasteiger partial charge in [-0.25, -0.2) is 4.79 Å². The predicted octanol–water partition coefficient (Wildman–Crippen LogP) is 4.95. The number of allylic oxidation sites excluding steroid dienone is 1. The molecule has 2 aromatic rings. The Morgan fingerprint density at radius 1 is 1.19 bits per heavy atom. The van der Waals surface area contributed by atoms with Crippen LogP contribution in [0.3, 0.4) is 0 Å². The van der Waals surface area contributed by atoms with Gasteiger partial charge in [0.25, 0.3) is 0 Å². The maximum absolute atomic E-state index is 11.6. The topological polar surface area (TPSA) is 35.5 Å². The van der Waals surface area contributed by atoms with Crippen LogP contribution >= 0.6 is 0 Å². The van der Waals surface area contributed by atoms with Crippen molar-refractivity contribution in [2.24, 2.45) is 0 Å². The second-order valence-electron chi connectivity index (χ2n) is 4.77. The van der Waals surface area contributed by atoms with E-state index >= 15 is 0 Å². The van der Waals surface area contributed by atoms with E-state index in [-0.39, 0.29) is 6.61 Å². The molecular formula is C18H18O3. The van der Waals surface area contributed by atoms with Crippen LogP contribution in [0, 0.1) is 0 Å². The first-order valence-electron chi connectivity index (χ1n) is 6.88. The minimum atomic E-state index is -0.695. The summed E-state index contributed by atoms with van der Waals surface area (Å²) >= 11 is 0.